The van der Waals surface area contributed by atoms with E-state index in [1.807, 2.05) is 18.2 Å². The number of benzene rings is 3. The lowest BCUT2D eigenvalue weighted by atomic mass is 9.68. The number of hydrogen-bond donors (Lipinski definition) is 3. The van der Waals surface area contributed by atoms with Gasteiger partial charge in [-0.2, -0.15) is 0 Å². The Labute approximate surface area is 219 Å². The molecule has 0 aromatic heterocycles. The summed E-state index contributed by atoms with van der Waals surface area (Å²) in [6.07, 6.45) is 3.87. The molecule has 2 amide bonds. The van der Waals surface area contributed by atoms with Gasteiger partial charge in [0.25, 0.3) is 11.8 Å². The fourth-order valence-corrected chi connectivity index (χ4v) is 6.99. The molecular weight excluding hydrogens is 458 g/mol. The molecule has 0 radical (unpaired) electrons. The Balaban J connectivity index is 1.28. The van der Waals surface area contributed by atoms with Crippen LogP contribution in [0.4, 0.5) is 11.4 Å². The Morgan fingerprint density at radius 2 is 1.68 bits per heavy atom. The normalized spacial score (nSPS) is 25.2. The van der Waals surface area contributed by atoms with E-state index in [1.54, 1.807) is 12.1 Å². The van der Waals surface area contributed by atoms with E-state index in [0.717, 1.165) is 11.6 Å². The number of carbonyl (C=O) groups excluding carboxylic acids is 2. The summed E-state index contributed by atoms with van der Waals surface area (Å²) in [6.45, 7) is 4.71. The van der Waals surface area contributed by atoms with Crippen molar-refractivity contribution in [3.63, 3.8) is 0 Å². The number of para-hydroxylation sites is 1. The van der Waals surface area contributed by atoms with Gasteiger partial charge in [-0.3, -0.25) is 9.59 Å². The van der Waals surface area contributed by atoms with E-state index in [4.69, 9.17) is 0 Å². The number of carbonyl (C=O) groups is 2. The van der Waals surface area contributed by atoms with Crippen LogP contribution in [0.5, 0.6) is 0 Å². The first kappa shape index (κ1) is 23.8. The maximum atomic E-state index is 13.4. The minimum Gasteiger partial charge on any atom is -0.378 e. The predicted octanol–water partition coefficient (Wildman–Crippen LogP) is 6.62. The molecule has 3 aromatic rings. The molecule has 6 rings (SSSR count). The zero-order valence-electron chi connectivity index (χ0n) is 21.5. The second-order valence-electron chi connectivity index (χ2n) is 11.4. The van der Waals surface area contributed by atoms with E-state index in [1.165, 1.54) is 30.4 Å². The average Bonchev–Trinajstić information content (AvgIpc) is 3.55. The Kier molecular flexibility index (Phi) is 6.23. The minimum atomic E-state index is -0.184. The molecule has 37 heavy (non-hydrogen) atoms. The molecule has 2 bridgehead atoms. The quantitative estimate of drug-likeness (QED) is 0.361. The second-order valence-corrected chi connectivity index (χ2v) is 11.4. The lowest BCUT2D eigenvalue weighted by molar-refractivity contribution is 0.0950. The summed E-state index contributed by atoms with van der Waals surface area (Å²) in [6, 6.07) is 24.4. The first-order chi connectivity index (χ1) is 18.0. The molecule has 0 unspecified atom stereocenters. The molecule has 5 nitrogen and oxygen atoms in total. The summed E-state index contributed by atoms with van der Waals surface area (Å²) in [5, 5.41) is 9.81. The Morgan fingerprint density at radius 3 is 2.49 bits per heavy atom. The van der Waals surface area contributed by atoms with E-state index in [2.05, 4.69) is 72.3 Å². The van der Waals surface area contributed by atoms with Gasteiger partial charge in [0.15, 0.2) is 0 Å². The predicted molar refractivity (Wildman–Crippen MR) is 148 cm³/mol. The van der Waals surface area contributed by atoms with Crippen molar-refractivity contribution in [2.75, 3.05) is 17.2 Å². The first-order valence-electron chi connectivity index (χ1n) is 13.6. The lowest BCUT2D eigenvalue weighted by Gasteiger charge is -2.43. The van der Waals surface area contributed by atoms with Crippen molar-refractivity contribution < 1.29 is 9.59 Å². The van der Waals surface area contributed by atoms with Crippen LogP contribution in [-0.2, 0) is 0 Å². The highest BCUT2D eigenvalue weighted by Gasteiger charge is 2.53. The van der Waals surface area contributed by atoms with E-state index in [9.17, 15) is 9.59 Å². The van der Waals surface area contributed by atoms with Gasteiger partial charge in [0, 0.05) is 17.8 Å². The van der Waals surface area contributed by atoms with Crippen LogP contribution in [0.2, 0.25) is 0 Å². The average molecular weight is 494 g/mol. The molecule has 5 heteroatoms. The van der Waals surface area contributed by atoms with Gasteiger partial charge in [-0.25, -0.2) is 0 Å². The van der Waals surface area contributed by atoms with Gasteiger partial charge in [-0.1, -0.05) is 56.3 Å². The van der Waals surface area contributed by atoms with E-state index in [0.29, 0.717) is 53.1 Å². The molecule has 3 aromatic carbocycles. The van der Waals surface area contributed by atoms with E-state index in [-0.39, 0.29) is 11.8 Å². The second kappa shape index (κ2) is 9.70. The van der Waals surface area contributed by atoms with Crippen LogP contribution in [0.15, 0.2) is 72.8 Å². The van der Waals surface area contributed by atoms with Gasteiger partial charge in [0.05, 0.1) is 17.3 Å². The number of nitrogens with one attached hydrogen (secondary N) is 3. The molecule has 0 saturated heterocycles. The van der Waals surface area contributed by atoms with Crippen LogP contribution in [-0.4, -0.2) is 18.4 Å². The lowest BCUT2D eigenvalue weighted by Crippen LogP contribution is -2.35. The molecular formula is C32H35N3O2. The van der Waals surface area contributed by atoms with E-state index >= 15 is 0 Å². The third-order valence-electron chi connectivity index (χ3n) is 8.60. The summed E-state index contributed by atoms with van der Waals surface area (Å²) in [5.74, 6) is 2.44. The highest BCUT2D eigenvalue weighted by molar-refractivity contribution is 6.09. The summed E-state index contributed by atoms with van der Waals surface area (Å²) in [4.78, 5) is 26.2. The molecule has 1 heterocycles. The number of rotatable bonds is 6. The van der Waals surface area contributed by atoms with Crippen LogP contribution >= 0.6 is 0 Å². The smallest absolute Gasteiger partial charge is 0.255 e. The van der Waals surface area contributed by atoms with Crippen molar-refractivity contribution in [3.8, 4) is 0 Å². The third-order valence-corrected chi connectivity index (χ3v) is 8.60. The topological polar surface area (TPSA) is 70.2 Å². The zero-order chi connectivity index (χ0) is 25.5. The maximum Gasteiger partial charge on any atom is 0.255 e. The summed E-state index contributed by atoms with van der Waals surface area (Å²) in [7, 11) is 0. The van der Waals surface area contributed by atoms with Crippen LogP contribution in [0, 0.1) is 23.7 Å². The van der Waals surface area contributed by atoms with Gasteiger partial charge in [-0.05, 0) is 90.3 Å². The van der Waals surface area contributed by atoms with Gasteiger partial charge in [0.1, 0.15) is 0 Å². The van der Waals surface area contributed by atoms with Crippen molar-refractivity contribution in [3.05, 3.63) is 95.1 Å². The maximum absolute atomic E-state index is 13.4. The van der Waals surface area contributed by atoms with Crippen molar-refractivity contribution in [1.82, 2.24) is 5.32 Å². The SMILES string of the molecule is CC(C)CNC(=O)c1ccccc1NC(=O)c1ccc2c(c1)[C@@H]1[C@H]3CC[C@@H](C3)[C@H]1[C@@H](c1ccccc1)N2. The fourth-order valence-electron chi connectivity index (χ4n) is 6.99. The van der Waals surface area contributed by atoms with Crippen LogP contribution in [0.25, 0.3) is 0 Å². The highest BCUT2D eigenvalue weighted by Crippen LogP contribution is 2.63. The van der Waals surface area contributed by atoms with Gasteiger partial charge < -0.3 is 16.0 Å². The molecule has 2 saturated carbocycles. The van der Waals surface area contributed by atoms with Crippen molar-refractivity contribution >= 4 is 23.2 Å². The molecule has 0 spiro atoms. The summed E-state index contributed by atoms with van der Waals surface area (Å²) >= 11 is 0. The largest absolute Gasteiger partial charge is 0.378 e. The number of amides is 2. The Morgan fingerprint density at radius 1 is 0.919 bits per heavy atom. The number of hydrogen-bond acceptors (Lipinski definition) is 3. The minimum absolute atomic E-state index is 0.170. The summed E-state index contributed by atoms with van der Waals surface area (Å²) in [5.41, 5.74) is 5.43. The van der Waals surface area contributed by atoms with Gasteiger partial charge in [-0.15, -0.1) is 0 Å². The highest BCUT2D eigenvalue weighted by atomic mass is 16.2. The Hall–Kier alpha value is -3.60. The summed E-state index contributed by atoms with van der Waals surface area (Å²) < 4.78 is 0. The number of anilines is 2. The standard InChI is InChI=1S/C32H35N3O2/c1-19(2)18-33-32(37)24-10-6-7-11-26(24)35-31(36)23-14-15-27-25(17-23)28-21-12-13-22(16-21)29(28)30(34-27)20-8-4-3-5-9-20/h3-11,14-15,17,19,21-22,28-30,34H,12-13,16,18H2,1-2H3,(H,33,37)(H,35,36)/t21-,22-,28-,29+,30+/m0/s1. The van der Waals surface area contributed by atoms with Crippen molar-refractivity contribution in [2.24, 2.45) is 23.7 Å². The van der Waals surface area contributed by atoms with Gasteiger partial charge in [0.2, 0.25) is 0 Å². The van der Waals surface area contributed by atoms with Crippen LogP contribution in [0.3, 0.4) is 0 Å². The molecule has 190 valence electrons. The molecule has 3 N–H and O–H groups in total. The van der Waals surface area contributed by atoms with Gasteiger partial charge >= 0.3 is 0 Å². The monoisotopic (exact) mass is 493 g/mol. The molecule has 1 aliphatic heterocycles. The number of fused-ring (bicyclic) bond motifs is 7. The van der Waals surface area contributed by atoms with Crippen molar-refractivity contribution in [1.29, 1.82) is 0 Å². The van der Waals surface area contributed by atoms with E-state index < -0.39 is 0 Å². The van der Waals surface area contributed by atoms with Crippen LogP contribution in [0.1, 0.15) is 76.9 Å². The first-order valence-corrected chi connectivity index (χ1v) is 13.6. The molecule has 2 fully saturated rings. The van der Waals surface area contributed by atoms with Crippen LogP contribution < -0.4 is 16.0 Å². The third kappa shape index (κ3) is 4.41. The molecule has 2 aliphatic carbocycles. The molecule has 3 aliphatic rings. The zero-order valence-corrected chi connectivity index (χ0v) is 21.5. The molecule has 5 atom stereocenters. The van der Waals surface area contributed by atoms with Crippen molar-refractivity contribution in [2.45, 2.75) is 45.1 Å². The Bertz CT molecular complexity index is 1320. The fraction of sp³-hybridized carbons (Fsp3) is 0.375.